The van der Waals surface area contributed by atoms with Gasteiger partial charge in [-0.25, -0.2) is 4.98 Å². The van der Waals surface area contributed by atoms with Crippen LogP contribution in [0.5, 0.6) is 0 Å². The van der Waals surface area contributed by atoms with Gasteiger partial charge in [-0.1, -0.05) is 6.07 Å². The number of aliphatic hydroxyl groups is 1. The lowest BCUT2D eigenvalue weighted by Gasteiger charge is -2.00. The minimum atomic E-state index is -0.376. The highest BCUT2D eigenvalue weighted by Crippen LogP contribution is 2.05. The second-order valence-electron chi connectivity index (χ2n) is 2.74. The van der Waals surface area contributed by atoms with Gasteiger partial charge in [-0.2, -0.15) is 0 Å². The molecule has 2 heterocycles. The highest BCUT2D eigenvalue weighted by atomic mass is 16.3. The highest BCUT2D eigenvalue weighted by Gasteiger charge is 2.09. The van der Waals surface area contributed by atoms with Crippen LogP contribution in [0.4, 0.5) is 0 Å². The molecule has 72 valence electrons. The Labute approximate surface area is 80.0 Å². The van der Waals surface area contributed by atoms with Crippen molar-refractivity contribution in [2.24, 2.45) is 0 Å². The van der Waals surface area contributed by atoms with Crippen LogP contribution in [-0.2, 0) is 0 Å². The van der Waals surface area contributed by atoms with Gasteiger partial charge in [-0.15, -0.1) is 0 Å². The molecule has 0 spiro atoms. The number of carbonyl (C=O) groups is 1. The molecule has 5 heteroatoms. The Balaban J connectivity index is 2.47. The summed E-state index contributed by atoms with van der Waals surface area (Å²) in [7, 11) is 0. The minimum absolute atomic E-state index is 0.341. The maximum Gasteiger partial charge on any atom is 0.271 e. The van der Waals surface area contributed by atoms with E-state index in [1.165, 1.54) is 6.20 Å². The molecule has 0 radical (unpaired) electrons. The van der Waals surface area contributed by atoms with E-state index in [0.717, 1.165) is 0 Å². The van der Waals surface area contributed by atoms with Crippen molar-refractivity contribution in [2.75, 3.05) is 6.73 Å². The third-order valence-corrected chi connectivity index (χ3v) is 1.89. The van der Waals surface area contributed by atoms with Crippen LogP contribution in [0.3, 0.4) is 0 Å². The largest absolute Gasteiger partial charge is 0.376 e. The molecule has 2 N–H and O–H groups in total. The summed E-state index contributed by atoms with van der Waals surface area (Å²) in [5, 5.41) is 10.8. The van der Waals surface area contributed by atoms with Gasteiger partial charge < -0.3 is 10.4 Å². The number of hydrogen-bond acceptors (Lipinski definition) is 3. The molecule has 0 bridgehead atoms. The maximum atomic E-state index is 11.4. The number of pyridine rings is 1. The van der Waals surface area contributed by atoms with E-state index >= 15 is 0 Å². The molecule has 2 aromatic heterocycles. The van der Waals surface area contributed by atoms with Gasteiger partial charge in [0.1, 0.15) is 18.1 Å². The zero-order valence-electron chi connectivity index (χ0n) is 7.34. The van der Waals surface area contributed by atoms with Gasteiger partial charge in [0.2, 0.25) is 0 Å². The molecule has 0 aliphatic rings. The summed E-state index contributed by atoms with van der Waals surface area (Å²) in [5.41, 5.74) is 1.12. The molecule has 5 nitrogen and oxygen atoms in total. The van der Waals surface area contributed by atoms with Gasteiger partial charge in [0, 0.05) is 6.20 Å². The molecule has 0 saturated carbocycles. The number of nitrogens with one attached hydrogen (secondary N) is 1. The van der Waals surface area contributed by atoms with Crippen LogP contribution >= 0.6 is 0 Å². The minimum Gasteiger partial charge on any atom is -0.376 e. The third-order valence-electron chi connectivity index (χ3n) is 1.89. The van der Waals surface area contributed by atoms with Gasteiger partial charge in [0.05, 0.1) is 6.20 Å². The number of nitrogens with zero attached hydrogens (tertiary/aromatic N) is 2. The molecular weight excluding hydrogens is 182 g/mol. The lowest BCUT2D eigenvalue weighted by atomic mass is 10.4. The summed E-state index contributed by atoms with van der Waals surface area (Å²) >= 11 is 0. The molecule has 0 saturated heterocycles. The molecule has 1 amide bonds. The van der Waals surface area contributed by atoms with Gasteiger partial charge in [-0.3, -0.25) is 9.20 Å². The molecule has 0 atom stereocenters. The molecular formula is C9H9N3O2. The summed E-state index contributed by atoms with van der Waals surface area (Å²) in [6.45, 7) is -0.376. The van der Waals surface area contributed by atoms with Crippen molar-refractivity contribution in [3.05, 3.63) is 36.3 Å². The fraction of sp³-hybridized carbons (Fsp3) is 0.111. The number of imidazole rings is 1. The average Bonchev–Trinajstić information content (AvgIpc) is 2.61. The first kappa shape index (κ1) is 8.71. The highest BCUT2D eigenvalue weighted by molar-refractivity contribution is 5.93. The van der Waals surface area contributed by atoms with Crippen LogP contribution in [0.25, 0.3) is 5.65 Å². The fourth-order valence-corrected chi connectivity index (χ4v) is 1.26. The Morgan fingerprint density at radius 1 is 1.57 bits per heavy atom. The SMILES string of the molecule is O=C(NCO)c1cnc2ccccn12. The second kappa shape index (κ2) is 3.47. The first-order valence-corrected chi connectivity index (χ1v) is 4.14. The lowest BCUT2D eigenvalue weighted by Crippen LogP contribution is -2.25. The third kappa shape index (κ3) is 1.33. The number of carbonyl (C=O) groups excluding carboxylic acids is 1. The normalized spacial score (nSPS) is 10.4. The summed E-state index contributed by atoms with van der Waals surface area (Å²) in [6.07, 6.45) is 3.22. The number of aromatic nitrogens is 2. The van der Waals surface area contributed by atoms with Crippen LogP contribution in [0.1, 0.15) is 10.5 Å². The maximum absolute atomic E-state index is 11.4. The van der Waals surface area contributed by atoms with Gasteiger partial charge in [0.25, 0.3) is 5.91 Å². The molecule has 0 fully saturated rings. The van der Waals surface area contributed by atoms with E-state index in [2.05, 4.69) is 10.3 Å². The number of fused-ring (bicyclic) bond motifs is 1. The van der Waals surface area contributed by atoms with Crippen molar-refractivity contribution in [1.82, 2.24) is 14.7 Å². The van der Waals surface area contributed by atoms with E-state index in [9.17, 15) is 4.79 Å². The fourth-order valence-electron chi connectivity index (χ4n) is 1.26. The topological polar surface area (TPSA) is 66.6 Å². The summed E-state index contributed by atoms with van der Waals surface area (Å²) in [4.78, 5) is 15.4. The van der Waals surface area contributed by atoms with Crippen LogP contribution in [0, 0.1) is 0 Å². The van der Waals surface area contributed by atoms with Gasteiger partial charge >= 0.3 is 0 Å². The molecule has 0 unspecified atom stereocenters. The quantitative estimate of drug-likeness (QED) is 0.657. The van der Waals surface area contributed by atoms with Crippen molar-refractivity contribution in [1.29, 1.82) is 0 Å². The average molecular weight is 191 g/mol. The summed E-state index contributed by atoms with van der Waals surface area (Å²) < 4.78 is 1.66. The van der Waals surface area contributed by atoms with Crippen LogP contribution in [-0.4, -0.2) is 27.1 Å². The predicted octanol–water partition coefficient (Wildman–Crippen LogP) is 0.0139. The number of rotatable bonds is 2. The molecule has 2 aromatic rings. The van der Waals surface area contributed by atoms with E-state index in [4.69, 9.17) is 5.11 Å². The zero-order valence-corrected chi connectivity index (χ0v) is 7.34. The Bertz CT molecular complexity index is 464. The van der Waals surface area contributed by atoms with Crippen molar-refractivity contribution in [2.45, 2.75) is 0 Å². The number of amides is 1. The van der Waals surface area contributed by atoms with E-state index in [1.54, 1.807) is 16.7 Å². The Morgan fingerprint density at radius 3 is 3.21 bits per heavy atom. The van der Waals surface area contributed by atoms with Crippen molar-refractivity contribution in [3.8, 4) is 0 Å². The van der Waals surface area contributed by atoms with Crippen molar-refractivity contribution < 1.29 is 9.90 Å². The van der Waals surface area contributed by atoms with E-state index in [-0.39, 0.29) is 12.6 Å². The van der Waals surface area contributed by atoms with Gasteiger partial charge in [0.15, 0.2) is 0 Å². The molecule has 2 rings (SSSR count). The summed E-state index contributed by atoms with van der Waals surface area (Å²) in [5.74, 6) is -0.341. The first-order chi connectivity index (χ1) is 6.83. The second-order valence-corrected chi connectivity index (χ2v) is 2.74. The smallest absolute Gasteiger partial charge is 0.271 e. The first-order valence-electron chi connectivity index (χ1n) is 4.14. The summed E-state index contributed by atoms with van der Waals surface area (Å²) in [6, 6.07) is 5.45. The van der Waals surface area contributed by atoms with Crippen LogP contribution < -0.4 is 5.32 Å². The van der Waals surface area contributed by atoms with Crippen molar-refractivity contribution >= 4 is 11.6 Å². The van der Waals surface area contributed by atoms with Gasteiger partial charge in [-0.05, 0) is 12.1 Å². The standard InChI is InChI=1S/C9H9N3O2/c13-6-11-9(14)7-5-10-8-3-1-2-4-12(7)8/h1-5,13H,6H2,(H,11,14). The van der Waals surface area contributed by atoms with Crippen LogP contribution in [0.15, 0.2) is 30.6 Å². The molecule has 0 aliphatic heterocycles. The van der Waals surface area contributed by atoms with E-state index in [1.807, 2.05) is 12.1 Å². The lowest BCUT2D eigenvalue weighted by molar-refractivity contribution is 0.0904. The predicted molar refractivity (Wildman–Crippen MR) is 49.7 cm³/mol. The van der Waals surface area contributed by atoms with Crippen molar-refractivity contribution in [3.63, 3.8) is 0 Å². The molecule has 0 aromatic carbocycles. The Morgan fingerprint density at radius 2 is 2.43 bits per heavy atom. The Hall–Kier alpha value is -1.88. The van der Waals surface area contributed by atoms with Crippen LogP contribution in [0.2, 0.25) is 0 Å². The number of aliphatic hydroxyl groups excluding tert-OH is 1. The van der Waals surface area contributed by atoms with E-state index in [0.29, 0.717) is 11.3 Å². The molecule has 14 heavy (non-hydrogen) atoms. The Kier molecular flexibility index (Phi) is 2.16. The van der Waals surface area contributed by atoms with E-state index < -0.39 is 0 Å². The molecule has 0 aliphatic carbocycles. The number of hydrogen-bond donors (Lipinski definition) is 2. The zero-order chi connectivity index (χ0) is 9.97. The monoisotopic (exact) mass is 191 g/mol.